The van der Waals surface area contributed by atoms with Crippen molar-refractivity contribution in [2.45, 2.75) is 0 Å². The third kappa shape index (κ3) is 3.84. The molecule has 6 heteroatoms. The van der Waals surface area contributed by atoms with Crippen LogP contribution in [0.1, 0.15) is 10.5 Å². The Labute approximate surface area is 138 Å². The number of rotatable bonds is 4. The Morgan fingerprint density at radius 3 is 2.43 bits per heavy atom. The molecule has 2 aromatic carbocycles. The molecule has 5 nitrogen and oxygen atoms in total. The summed E-state index contributed by atoms with van der Waals surface area (Å²) in [6, 6.07) is 16.4. The van der Waals surface area contributed by atoms with Crippen molar-refractivity contribution in [3.8, 4) is 0 Å². The summed E-state index contributed by atoms with van der Waals surface area (Å²) < 4.78 is 0. The van der Waals surface area contributed by atoms with Crippen molar-refractivity contribution in [3.63, 3.8) is 0 Å². The van der Waals surface area contributed by atoms with Crippen molar-refractivity contribution >= 4 is 34.7 Å². The van der Waals surface area contributed by atoms with Gasteiger partial charge in [0.25, 0.3) is 5.91 Å². The van der Waals surface area contributed by atoms with Crippen molar-refractivity contribution in [1.29, 1.82) is 0 Å². The minimum Gasteiger partial charge on any atom is -0.338 e. The zero-order valence-corrected chi connectivity index (χ0v) is 12.8. The molecule has 0 aliphatic rings. The molecule has 0 aliphatic heterocycles. The molecular formula is C17H13ClN4O. The van der Waals surface area contributed by atoms with Gasteiger partial charge in [0.15, 0.2) is 11.5 Å². The molecule has 0 aliphatic carbocycles. The Kier molecular flexibility index (Phi) is 4.49. The number of hydrogen-bond acceptors (Lipinski definition) is 4. The lowest BCUT2D eigenvalue weighted by atomic mass is 10.3. The van der Waals surface area contributed by atoms with Crippen LogP contribution in [-0.2, 0) is 0 Å². The highest BCUT2D eigenvalue weighted by Crippen LogP contribution is 2.19. The van der Waals surface area contributed by atoms with E-state index in [1.165, 1.54) is 12.4 Å². The predicted molar refractivity (Wildman–Crippen MR) is 91.2 cm³/mol. The van der Waals surface area contributed by atoms with Crippen LogP contribution >= 0.6 is 11.6 Å². The third-order valence-electron chi connectivity index (χ3n) is 3.03. The number of nitrogens with zero attached hydrogens (tertiary/aromatic N) is 2. The maximum atomic E-state index is 12.4. The van der Waals surface area contributed by atoms with E-state index in [1.54, 1.807) is 24.3 Å². The molecule has 0 saturated carbocycles. The number of benzene rings is 2. The largest absolute Gasteiger partial charge is 0.338 e. The molecule has 2 N–H and O–H groups in total. The van der Waals surface area contributed by atoms with Gasteiger partial charge in [-0.05, 0) is 30.3 Å². The molecule has 0 unspecified atom stereocenters. The number of nitrogens with one attached hydrogen (secondary N) is 2. The van der Waals surface area contributed by atoms with Crippen LogP contribution in [0.15, 0.2) is 67.0 Å². The highest BCUT2D eigenvalue weighted by Gasteiger charge is 2.14. The lowest BCUT2D eigenvalue weighted by molar-refractivity contribution is 0.102. The molecule has 0 bridgehead atoms. The Bertz CT molecular complexity index is 824. The Morgan fingerprint density at radius 2 is 1.65 bits per heavy atom. The fraction of sp³-hybridized carbons (Fsp3) is 0. The Balaban J connectivity index is 1.83. The van der Waals surface area contributed by atoms with Crippen LogP contribution < -0.4 is 10.6 Å². The molecule has 3 rings (SSSR count). The van der Waals surface area contributed by atoms with Crippen molar-refractivity contribution in [2.24, 2.45) is 0 Å². The fourth-order valence-corrected chi connectivity index (χ4v) is 2.20. The highest BCUT2D eigenvalue weighted by atomic mass is 35.5. The molecule has 0 atom stereocenters. The topological polar surface area (TPSA) is 66.9 Å². The predicted octanol–water partition coefficient (Wildman–Crippen LogP) is 4.13. The van der Waals surface area contributed by atoms with E-state index in [9.17, 15) is 4.79 Å². The number of carbonyl (C=O) groups is 1. The molecule has 0 saturated heterocycles. The van der Waals surface area contributed by atoms with E-state index in [-0.39, 0.29) is 11.6 Å². The maximum absolute atomic E-state index is 12.4. The average molecular weight is 325 g/mol. The number of aromatic nitrogens is 2. The highest BCUT2D eigenvalue weighted by molar-refractivity contribution is 6.31. The number of carbonyl (C=O) groups excluding carboxylic acids is 1. The van der Waals surface area contributed by atoms with E-state index in [0.29, 0.717) is 16.5 Å². The van der Waals surface area contributed by atoms with Gasteiger partial charge < -0.3 is 10.6 Å². The van der Waals surface area contributed by atoms with Crippen LogP contribution in [0.2, 0.25) is 5.02 Å². The normalized spacial score (nSPS) is 10.1. The summed E-state index contributed by atoms with van der Waals surface area (Å²) in [5.74, 6) is 0.0250. The molecule has 0 fully saturated rings. The summed E-state index contributed by atoms with van der Waals surface area (Å²) in [6.07, 6.45) is 3.00. The van der Waals surface area contributed by atoms with E-state index in [4.69, 9.17) is 11.6 Å². The lowest BCUT2D eigenvalue weighted by Gasteiger charge is -2.10. The third-order valence-corrected chi connectivity index (χ3v) is 3.27. The van der Waals surface area contributed by atoms with Gasteiger partial charge in [0.1, 0.15) is 0 Å². The van der Waals surface area contributed by atoms with E-state index < -0.39 is 0 Å². The summed E-state index contributed by atoms with van der Waals surface area (Å²) in [5, 5.41) is 6.40. The van der Waals surface area contributed by atoms with Crippen LogP contribution in [-0.4, -0.2) is 15.9 Å². The standard InChI is InChI=1S/C17H13ClN4O/c18-12-5-4-8-14(11-12)22-17(23)15-16(20-10-9-19-15)21-13-6-2-1-3-7-13/h1-11H,(H,20,21)(H,22,23). The first-order valence-corrected chi connectivity index (χ1v) is 7.30. The molecular weight excluding hydrogens is 312 g/mol. The Morgan fingerprint density at radius 1 is 0.913 bits per heavy atom. The van der Waals surface area contributed by atoms with Gasteiger partial charge in [0.05, 0.1) is 0 Å². The summed E-state index contributed by atoms with van der Waals surface area (Å²) in [5.41, 5.74) is 1.62. The number of halogens is 1. The first kappa shape index (κ1) is 15.0. The second-order valence-electron chi connectivity index (χ2n) is 4.71. The second kappa shape index (κ2) is 6.89. The summed E-state index contributed by atoms with van der Waals surface area (Å²) in [4.78, 5) is 20.8. The van der Waals surface area contributed by atoms with E-state index in [1.807, 2.05) is 30.3 Å². The smallest absolute Gasteiger partial charge is 0.278 e. The Hall–Kier alpha value is -2.92. The van der Waals surface area contributed by atoms with Crippen molar-refractivity contribution in [2.75, 3.05) is 10.6 Å². The molecule has 0 spiro atoms. The van der Waals surface area contributed by atoms with E-state index >= 15 is 0 Å². The first-order chi connectivity index (χ1) is 11.2. The summed E-state index contributed by atoms with van der Waals surface area (Å²) in [6.45, 7) is 0. The van der Waals surface area contributed by atoms with Crippen LogP contribution in [0, 0.1) is 0 Å². The SMILES string of the molecule is O=C(Nc1cccc(Cl)c1)c1nccnc1Nc1ccccc1. The van der Waals surface area contributed by atoms with Gasteiger partial charge in [-0.3, -0.25) is 4.79 Å². The van der Waals surface area contributed by atoms with Crippen molar-refractivity contribution in [3.05, 3.63) is 77.7 Å². The molecule has 23 heavy (non-hydrogen) atoms. The molecule has 114 valence electrons. The van der Waals surface area contributed by atoms with Gasteiger partial charge in [-0.25, -0.2) is 9.97 Å². The first-order valence-electron chi connectivity index (χ1n) is 6.92. The molecule has 1 heterocycles. The van der Waals surface area contributed by atoms with E-state index in [2.05, 4.69) is 20.6 Å². The van der Waals surface area contributed by atoms with Gasteiger partial charge in [0.2, 0.25) is 0 Å². The minimum atomic E-state index is -0.362. The molecule has 1 amide bonds. The number of amides is 1. The van der Waals surface area contributed by atoms with Crippen LogP contribution in [0.25, 0.3) is 0 Å². The lowest BCUT2D eigenvalue weighted by Crippen LogP contribution is -2.16. The summed E-state index contributed by atoms with van der Waals surface area (Å²) in [7, 11) is 0. The van der Waals surface area contributed by atoms with Crippen molar-refractivity contribution in [1.82, 2.24) is 9.97 Å². The zero-order chi connectivity index (χ0) is 16.1. The fourth-order valence-electron chi connectivity index (χ4n) is 2.01. The molecule has 3 aromatic rings. The summed E-state index contributed by atoms with van der Waals surface area (Å²) >= 11 is 5.92. The van der Waals surface area contributed by atoms with Crippen LogP contribution in [0.5, 0.6) is 0 Å². The molecule has 1 aromatic heterocycles. The average Bonchev–Trinajstić information content (AvgIpc) is 2.56. The minimum absolute atomic E-state index is 0.205. The number of para-hydroxylation sites is 1. The maximum Gasteiger partial charge on any atom is 0.278 e. The van der Waals surface area contributed by atoms with Crippen LogP contribution in [0.4, 0.5) is 17.2 Å². The zero-order valence-electron chi connectivity index (χ0n) is 12.0. The monoisotopic (exact) mass is 324 g/mol. The number of hydrogen-bond donors (Lipinski definition) is 2. The van der Waals surface area contributed by atoms with Gasteiger partial charge in [-0.2, -0.15) is 0 Å². The second-order valence-corrected chi connectivity index (χ2v) is 5.15. The van der Waals surface area contributed by atoms with Crippen molar-refractivity contribution < 1.29 is 4.79 Å². The quantitative estimate of drug-likeness (QED) is 0.757. The van der Waals surface area contributed by atoms with Gasteiger partial charge in [-0.15, -0.1) is 0 Å². The molecule has 0 radical (unpaired) electrons. The van der Waals surface area contributed by atoms with Crippen LogP contribution in [0.3, 0.4) is 0 Å². The van der Waals surface area contributed by atoms with E-state index in [0.717, 1.165) is 5.69 Å². The van der Waals surface area contributed by atoms with Gasteiger partial charge in [0, 0.05) is 28.8 Å². The number of anilines is 3. The van der Waals surface area contributed by atoms with Gasteiger partial charge >= 0.3 is 0 Å². The van der Waals surface area contributed by atoms with Gasteiger partial charge in [-0.1, -0.05) is 35.9 Å².